The number of benzene rings is 3. The summed E-state index contributed by atoms with van der Waals surface area (Å²) in [5.41, 5.74) is 0.207. The van der Waals surface area contributed by atoms with Crippen molar-refractivity contribution in [1.82, 2.24) is 5.32 Å². The van der Waals surface area contributed by atoms with Crippen LogP contribution in [0.2, 0.25) is 5.02 Å². The van der Waals surface area contributed by atoms with Gasteiger partial charge in [0.15, 0.2) is 0 Å². The first-order valence-electron chi connectivity index (χ1n) is 8.92. The van der Waals surface area contributed by atoms with E-state index < -0.39 is 22.6 Å². The zero-order valence-corrected chi connectivity index (χ0v) is 16.6. The second kappa shape index (κ2) is 9.64. The van der Waals surface area contributed by atoms with Crippen LogP contribution in [-0.4, -0.2) is 16.7 Å². The largest absolute Gasteiger partial charge is 0.321 e. The van der Waals surface area contributed by atoms with Crippen LogP contribution in [0.5, 0.6) is 0 Å². The van der Waals surface area contributed by atoms with Crippen molar-refractivity contribution in [3.63, 3.8) is 0 Å². The van der Waals surface area contributed by atoms with Crippen LogP contribution in [-0.2, 0) is 4.79 Å². The first kappa shape index (κ1) is 21.7. The number of halogens is 2. The van der Waals surface area contributed by atoms with Gasteiger partial charge < -0.3 is 10.6 Å². The molecule has 3 aromatic rings. The third kappa shape index (κ3) is 5.74. The third-order valence-electron chi connectivity index (χ3n) is 4.09. The zero-order valence-electron chi connectivity index (χ0n) is 15.8. The van der Waals surface area contributed by atoms with Gasteiger partial charge in [0.2, 0.25) is 0 Å². The van der Waals surface area contributed by atoms with Gasteiger partial charge in [0, 0.05) is 17.8 Å². The van der Waals surface area contributed by atoms with Crippen LogP contribution in [0.3, 0.4) is 0 Å². The topological polar surface area (TPSA) is 101 Å². The number of amides is 2. The van der Waals surface area contributed by atoms with Crippen LogP contribution < -0.4 is 10.6 Å². The van der Waals surface area contributed by atoms with Crippen molar-refractivity contribution >= 4 is 40.9 Å². The Balaban J connectivity index is 1.95. The van der Waals surface area contributed by atoms with Crippen LogP contribution >= 0.6 is 11.6 Å². The van der Waals surface area contributed by atoms with Crippen LogP contribution in [0.4, 0.5) is 15.8 Å². The lowest BCUT2D eigenvalue weighted by Crippen LogP contribution is -2.31. The van der Waals surface area contributed by atoms with Gasteiger partial charge in [-0.1, -0.05) is 41.9 Å². The Labute approximate surface area is 181 Å². The van der Waals surface area contributed by atoms with E-state index >= 15 is 0 Å². The number of non-ortho nitro benzene ring substituents is 1. The Morgan fingerprint density at radius 1 is 1.00 bits per heavy atom. The predicted octanol–water partition coefficient (Wildman–Crippen LogP) is 4.80. The quantitative estimate of drug-likeness (QED) is 0.327. The summed E-state index contributed by atoms with van der Waals surface area (Å²) in [6, 6.07) is 17.0. The fourth-order valence-corrected chi connectivity index (χ4v) is 2.87. The molecular formula is C22H15ClFN3O4. The zero-order chi connectivity index (χ0) is 22.4. The van der Waals surface area contributed by atoms with Crippen LogP contribution in [0.25, 0.3) is 6.08 Å². The number of nitrogens with zero attached hydrogens (tertiary/aromatic N) is 1. The maximum Gasteiger partial charge on any atom is 0.272 e. The average molecular weight is 440 g/mol. The summed E-state index contributed by atoms with van der Waals surface area (Å²) >= 11 is 6.05. The predicted molar refractivity (Wildman–Crippen MR) is 115 cm³/mol. The molecule has 0 fully saturated rings. The Morgan fingerprint density at radius 3 is 2.45 bits per heavy atom. The lowest BCUT2D eigenvalue weighted by Gasteiger charge is -2.12. The standard InChI is InChI=1S/C22H15ClFN3O4/c23-19-10-2-1-9-18(19)21(28)26-20(12-14-5-3-8-17(11-14)27(30)31)22(29)25-16-7-4-6-15(24)13-16/h1-13H,(H,25,29)(H,26,28)/b20-12+. The van der Waals surface area contributed by atoms with Gasteiger partial charge in [0.05, 0.1) is 15.5 Å². The lowest BCUT2D eigenvalue weighted by molar-refractivity contribution is -0.384. The smallest absolute Gasteiger partial charge is 0.272 e. The van der Waals surface area contributed by atoms with E-state index in [4.69, 9.17) is 11.6 Å². The molecule has 9 heteroatoms. The number of nitro benzene ring substituents is 1. The fourth-order valence-electron chi connectivity index (χ4n) is 2.65. The van der Waals surface area contributed by atoms with E-state index in [2.05, 4.69) is 10.6 Å². The van der Waals surface area contributed by atoms with Crippen LogP contribution in [0.15, 0.2) is 78.5 Å². The van der Waals surface area contributed by atoms with Gasteiger partial charge in [0.25, 0.3) is 17.5 Å². The van der Waals surface area contributed by atoms with Crippen LogP contribution in [0.1, 0.15) is 15.9 Å². The summed E-state index contributed by atoms with van der Waals surface area (Å²) in [6.45, 7) is 0. The van der Waals surface area contributed by atoms with E-state index in [-0.39, 0.29) is 27.7 Å². The molecule has 0 radical (unpaired) electrons. The number of hydrogen-bond donors (Lipinski definition) is 2. The number of hydrogen-bond acceptors (Lipinski definition) is 4. The molecule has 0 saturated heterocycles. The van der Waals surface area contributed by atoms with E-state index in [1.54, 1.807) is 12.1 Å². The monoisotopic (exact) mass is 439 g/mol. The molecule has 0 aliphatic carbocycles. The number of nitrogens with one attached hydrogen (secondary N) is 2. The molecule has 2 amide bonds. The number of rotatable bonds is 6. The van der Waals surface area contributed by atoms with Gasteiger partial charge in [-0.05, 0) is 42.0 Å². The molecule has 0 aromatic heterocycles. The van der Waals surface area contributed by atoms with E-state index in [9.17, 15) is 24.1 Å². The van der Waals surface area contributed by atoms with E-state index in [0.29, 0.717) is 5.56 Å². The number of carbonyl (C=O) groups is 2. The molecule has 0 bridgehead atoms. The minimum atomic E-state index is -0.752. The molecule has 7 nitrogen and oxygen atoms in total. The Bertz CT molecular complexity index is 1200. The van der Waals surface area contributed by atoms with Crippen molar-refractivity contribution in [3.05, 3.63) is 111 Å². The maximum absolute atomic E-state index is 13.4. The molecular weight excluding hydrogens is 425 g/mol. The summed E-state index contributed by atoms with van der Waals surface area (Å²) in [4.78, 5) is 35.9. The first-order chi connectivity index (χ1) is 14.8. The minimum Gasteiger partial charge on any atom is -0.321 e. The van der Waals surface area contributed by atoms with Gasteiger partial charge in [-0.2, -0.15) is 0 Å². The Hall–Kier alpha value is -4.04. The molecule has 0 unspecified atom stereocenters. The second-order valence-corrected chi connectivity index (χ2v) is 6.72. The normalized spacial score (nSPS) is 11.0. The summed E-state index contributed by atoms with van der Waals surface area (Å²) in [6.07, 6.45) is 1.27. The Morgan fingerprint density at radius 2 is 1.74 bits per heavy atom. The molecule has 31 heavy (non-hydrogen) atoms. The lowest BCUT2D eigenvalue weighted by atomic mass is 10.1. The SMILES string of the molecule is O=C(Nc1cccc(F)c1)/C(=C\c1cccc([N+](=O)[O-])c1)NC(=O)c1ccccc1Cl. The van der Waals surface area contributed by atoms with Crippen molar-refractivity contribution in [3.8, 4) is 0 Å². The second-order valence-electron chi connectivity index (χ2n) is 6.31. The van der Waals surface area contributed by atoms with Gasteiger partial charge in [0.1, 0.15) is 11.5 Å². The van der Waals surface area contributed by atoms with Gasteiger partial charge in [-0.3, -0.25) is 19.7 Å². The summed E-state index contributed by atoms with van der Waals surface area (Å²) in [7, 11) is 0. The fraction of sp³-hybridized carbons (Fsp3) is 0. The summed E-state index contributed by atoms with van der Waals surface area (Å²) in [5, 5.41) is 16.2. The molecule has 0 spiro atoms. The van der Waals surface area contributed by atoms with Crippen molar-refractivity contribution < 1.29 is 18.9 Å². The summed E-state index contributed by atoms with van der Waals surface area (Å²) < 4.78 is 13.4. The molecule has 0 aliphatic rings. The molecule has 0 saturated carbocycles. The van der Waals surface area contributed by atoms with Gasteiger partial charge >= 0.3 is 0 Å². The van der Waals surface area contributed by atoms with Gasteiger partial charge in [-0.25, -0.2) is 4.39 Å². The third-order valence-corrected chi connectivity index (χ3v) is 4.42. The van der Waals surface area contributed by atoms with Crippen molar-refractivity contribution in [1.29, 1.82) is 0 Å². The van der Waals surface area contributed by atoms with Crippen molar-refractivity contribution in [2.45, 2.75) is 0 Å². The van der Waals surface area contributed by atoms with E-state index in [1.165, 1.54) is 60.7 Å². The number of anilines is 1. The van der Waals surface area contributed by atoms with Crippen molar-refractivity contribution in [2.75, 3.05) is 5.32 Å². The van der Waals surface area contributed by atoms with Crippen LogP contribution in [0, 0.1) is 15.9 Å². The highest BCUT2D eigenvalue weighted by Gasteiger charge is 2.17. The highest BCUT2D eigenvalue weighted by Crippen LogP contribution is 2.18. The Kier molecular flexibility index (Phi) is 6.74. The molecule has 2 N–H and O–H groups in total. The molecule has 3 rings (SSSR count). The number of carbonyl (C=O) groups excluding carboxylic acids is 2. The molecule has 0 atom stereocenters. The molecule has 0 aliphatic heterocycles. The van der Waals surface area contributed by atoms with Gasteiger partial charge in [-0.15, -0.1) is 0 Å². The number of nitro groups is 1. The minimum absolute atomic E-state index is 0.132. The van der Waals surface area contributed by atoms with E-state index in [0.717, 1.165) is 6.07 Å². The maximum atomic E-state index is 13.4. The molecule has 0 heterocycles. The molecule has 156 valence electrons. The molecule has 3 aromatic carbocycles. The highest BCUT2D eigenvalue weighted by molar-refractivity contribution is 6.34. The first-order valence-corrected chi connectivity index (χ1v) is 9.30. The highest BCUT2D eigenvalue weighted by atomic mass is 35.5. The average Bonchev–Trinajstić information content (AvgIpc) is 2.73. The summed E-state index contributed by atoms with van der Waals surface area (Å²) in [5.74, 6) is -1.96. The van der Waals surface area contributed by atoms with Crippen molar-refractivity contribution in [2.24, 2.45) is 0 Å². The van der Waals surface area contributed by atoms with E-state index in [1.807, 2.05) is 0 Å².